The average Bonchev–Trinajstić information content (AvgIpc) is 2.98. The van der Waals surface area contributed by atoms with Crippen LogP contribution < -0.4 is 5.32 Å². The summed E-state index contributed by atoms with van der Waals surface area (Å²) in [5, 5.41) is 7.70. The van der Waals surface area contributed by atoms with Crippen LogP contribution in [0.3, 0.4) is 0 Å². The molecule has 1 N–H and O–H groups in total. The molecule has 0 aromatic carbocycles. The fraction of sp³-hybridized carbons (Fsp3) is 0.714. The van der Waals surface area contributed by atoms with Crippen molar-refractivity contribution in [1.29, 1.82) is 0 Å². The lowest BCUT2D eigenvalue weighted by atomic mass is 10.2. The number of nitrogens with one attached hydrogen (secondary N) is 1. The van der Waals surface area contributed by atoms with Crippen molar-refractivity contribution in [3.05, 3.63) is 18.0 Å². The number of ketones is 1. The van der Waals surface area contributed by atoms with Gasteiger partial charge in [0.25, 0.3) is 0 Å². The van der Waals surface area contributed by atoms with Gasteiger partial charge in [0.2, 0.25) is 0 Å². The zero-order chi connectivity index (χ0) is 12.8. The number of rotatable bonds is 7. The molecule has 0 amide bonds. The first-order valence-electron chi connectivity index (χ1n) is 7.06. The molecule has 0 bridgehead atoms. The van der Waals surface area contributed by atoms with Crippen LogP contribution in [0.25, 0.3) is 0 Å². The molecule has 0 atom stereocenters. The SMILES string of the molecule is CCNCCC(=O)Cc1ccn(C2CCCC2)n1. The van der Waals surface area contributed by atoms with Crippen LogP contribution in [0.2, 0.25) is 0 Å². The maximum absolute atomic E-state index is 11.7. The Labute approximate surface area is 109 Å². The Balaban J connectivity index is 1.80. The molecule has 18 heavy (non-hydrogen) atoms. The van der Waals surface area contributed by atoms with E-state index < -0.39 is 0 Å². The molecule has 2 rings (SSSR count). The largest absolute Gasteiger partial charge is 0.317 e. The number of carbonyl (C=O) groups is 1. The molecule has 1 saturated carbocycles. The molecule has 1 aromatic heterocycles. The summed E-state index contributed by atoms with van der Waals surface area (Å²) in [5.74, 6) is 0.271. The van der Waals surface area contributed by atoms with E-state index in [1.807, 2.05) is 19.2 Å². The van der Waals surface area contributed by atoms with Gasteiger partial charge in [0.15, 0.2) is 0 Å². The van der Waals surface area contributed by atoms with Gasteiger partial charge in [-0.3, -0.25) is 9.48 Å². The second-order valence-corrected chi connectivity index (χ2v) is 5.04. The molecule has 1 heterocycles. The Morgan fingerprint density at radius 1 is 1.50 bits per heavy atom. The first-order chi connectivity index (χ1) is 8.79. The van der Waals surface area contributed by atoms with Crippen LogP contribution >= 0.6 is 0 Å². The molecule has 4 heteroatoms. The summed E-state index contributed by atoms with van der Waals surface area (Å²) in [5.41, 5.74) is 0.920. The normalized spacial score (nSPS) is 16.3. The standard InChI is InChI=1S/C14H23N3O/c1-2-15-9-7-14(18)11-12-8-10-17(16-12)13-5-3-4-6-13/h8,10,13,15H,2-7,9,11H2,1H3. The highest BCUT2D eigenvalue weighted by Crippen LogP contribution is 2.28. The second kappa shape index (κ2) is 6.69. The number of hydrogen-bond acceptors (Lipinski definition) is 3. The van der Waals surface area contributed by atoms with Gasteiger partial charge in [0.1, 0.15) is 5.78 Å². The van der Waals surface area contributed by atoms with Crippen molar-refractivity contribution in [2.75, 3.05) is 13.1 Å². The summed E-state index contributed by atoms with van der Waals surface area (Å²) >= 11 is 0. The first kappa shape index (κ1) is 13.3. The topological polar surface area (TPSA) is 46.9 Å². The summed E-state index contributed by atoms with van der Waals surface area (Å²) in [6.07, 6.45) is 8.19. The molecule has 0 unspecified atom stereocenters. The van der Waals surface area contributed by atoms with E-state index in [1.165, 1.54) is 25.7 Å². The molecule has 0 saturated heterocycles. The highest BCUT2D eigenvalue weighted by Gasteiger charge is 2.17. The summed E-state index contributed by atoms with van der Waals surface area (Å²) in [6.45, 7) is 3.75. The first-order valence-corrected chi connectivity index (χ1v) is 7.06. The molecule has 0 radical (unpaired) electrons. The summed E-state index contributed by atoms with van der Waals surface area (Å²) in [7, 11) is 0. The third-order valence-electron chi connectivity index (χ3n) is 3.57. The van der Waals surface area contributed by atoms with E-state index in [4.69, 9.17) is 0 Å². The van der Waals surface area contributed by atoms with E-state index >= 15 is 0 Å². The molecular weight excluding hydrogens is 226 g/mol. The van der Waals surface area contributed by atoms with Crippen molar-refractivity contribution < 1.29 is 4.79 Å². The van der Waals surface area contributed by atoms with Crippen LogP contribution in [-0.4, -0.2) is 28.7 Å². The lowest BCUT2D eigenvalue weighted by Crippen LogP contribution is -2.18. The zero-order valence-corrected chi connectivity index (χ0v) is 11.2. The van der Waals surface area contributed by atoms with Gasteiger partial charge in [-0.1, -0.05) is 19.8 Å². The number of hydrogen-bond donors (Lipinski definition) is 1. The predicted octanol–water partition coefficient (Wildman–Crippen LogP) is 2.11. The molecule has 1 aromatic rings. The van der Waals surface area contributed by atoms with Gasteiger partial charge in [-0.2, -0.15) is 5.10 Å². The number of carbonyl (C=O) groups excluding carboxylic acids is 1. The van der Waals surface area contributed by atoms with E-state index in [1.54, 1.807) is 0 Å². The minimum atomic E-state index is 0.271. The number of nitrogens with zero attached hydrogens (tertiary/aromatic N) is 2. The molecule has 100 valence electrons. The number of Topliss-reactive ketones (excluding diaryl/α,β-unsaturated/α-hetero) is 1. The third-order valence-corrected chi connectivity index (χ3v) is 3.57. The lowest BCUT2D eigenvalue weighted by molar-refractivity contribution is -0.118. The van der Waals surface area contributed by atoms with E-state index in [0.29, 0.717) is 18.9 Å². The van der Waals surface area contributed by atoms with Crippen molar-refractivity contribution in [2.24, 2.45) is 0 Å². The minimum Gasteiger partial charge on any atom is -0.317 e. The summed E-state index contributed by atoms with van der Waals surface area (Å²) in [4.78, 5) is 11.7. The van der Waals surface area contributed by atoms with Crippen molar-refractivity contribution in [3.63, 3.8) is 0 Å². The van der Waals surface area contributed by atoms with Crippen molar-refractivity contribution in [1.82, 2.24) is 15.1 Å². The van der Waals surface area contributed by atoms with E-state index in [9.17, 15) is 4.79 Å². The van der Waals surface area contributed by atoms with Crippen molar-refractivity contribution >= 4 is 5.78 Å². The second-order valence-electron chi connectivity index (χ2n) is 5.04. The van der Waals surface area contributed by atoms with Gasteiger partial charge in [-0.05, 0) is 25.5 Å². The fourth-order valence-electron chi connectivity index (χ4n) is 2.54. The monoisotopic (exact) mass is 249 g/mol. The average molecular weight is 249 g/mol. The van der Waals surface area contributed by atoms with E-state index in [0.717, 1.165) is 18.8 Å². The minimum absolute atomic E-state index is 0.271. The molecule has 1 aliphatic rings. The molecule has 1 fully saturated rings. The lowest BCUT2D eigenvalue weighted by Gasteiger charge is -2.08. The molecular formula is C14H23N3O. The highest BCUT2D eigenvalue weighted by molar-refractivity contribution is 5.80. The third kappa shape index (κ3) is 3.67. The zero-order valence-electron chi connectivity index (χ0n) is 11.2. The Morgan fingerprint density at radius 2 is 2.28 bits per heavy atom. The van der Waals surface area contributed by atoms with Crippen LogP contribution in [0.5, 0.6) is 0 Å². The Hall–Kier alpha value is -1.16. The van der Waals surface area contributed by atoms with Gasteiger partial charge in [-0.15, -0.1) is 0 Å². The maximum atomic E-state index is 11.7. The van der Waals surface area contributed by atoms with Crippen LogP contribution in [0, 0.1) is 0 Å². The van der Waals surface area contributed by atoms with Gasteiger partial charge < -0.3 is 5.32 Å². The smallest absolute Gasteiger partial charge is 0.140 e. The quantitative estimate of drug-likeness (QED) is 0.753. The van der Waals surface area contributed by atoms with Crippen molar-refractivity contribution in [3.8, 4) is 0 Å². The van der Waals surface area contributed by atoms with Crippen LogP contribution in [0.15, 0.2) is 12.3 Å². The summed E-state index contributed by atoms with van der Waals surface area (Å²) < 4.78 is 2.06. The van der Waals surface area contributed by atoms with Crippen molar-refractivity contribution in [2.45, 2.75) is 51.5 Å². The van der Waals surface area contributed by atoms with E-state index in [2.05, 4.69) is 15.1 Å². The fourth-order valence-corrected chi connectivity index (χ4v) is 2.54. The van der Waals surface area contributed by atoms with Gasteiger partial charge in [0.05, 0.1) is 18.2 Å². The molecule has 0 aliphatic heterocycles. The summed E-state index contributed by atoms with van der Waals surface area (Å²) in [6, 6.07) is 2.55. The Morgan fingerprint density at radius 3 is 3.00 bits per heavy atom. The Bertz CT molecular complexity index is 380. The number of aromatic nitrogens is 2. The van der Waals surface area contributed by atoms with Gasteiger partial charge in [-0.25, -0.2) is 0 Å². The Kier molecular flexibility index (Phi) is 4.93. The van der Waals surface area contributed by atoms with E-state index in [-0.39, 0.29) is 5.78 Å². The molecule has 0 spiro atoms. The van der Waals surface area contributed by atoms with Gasteiger partial charge >= 0.3 is 0 Å². The maximum Gasteiger partial charge on any atom is 0.140 e. The predicted molar refractivity (Wildman–Crippen MR) is 71.6 cm³/mol. The van der Waals surface area contributed by atoms with Gasteiger partial charge in [0, 0.05) is 19.2 Å². The molecule has 4 nitrogen and oxygen atoms in total. The van der Waals surface area contributed by atoms with Crippen LogP contribution in [0.4, 0.5) is 0 Å². The van der Waals surface area contributed by atoms with Crippen LogP contribution in [0.1, 0.15) is 50.8 Å². The van der Waals surface area contributed by atoms with Crippen LogP contribution in [-0.2, 0) is 11.2 Å². The molecule has 1 aliphatic carbocycles. The highest BCUT2D eigenvalue weighted by atomic mass is 16.1.